The Labute approximate surface area is 216 Å². The molecule has 0 aromatic heterocycles. The lowest BCUT2D eigenvalue weighted by Crippen LogP contribution is -2.52. The Kier molecular flexibility index (Phi) is 9.24. The van der Waals surface area contributed by atoms with Gasteiger partial charge in [0.1, 0.15) is 24.2 Å². The second kappa shape index (κ2) is 12.4. The second-order valence-corrected chi connectivity index (χ2v) is 10.3. The second-order valence-electron chi connectivity index (χ2n) is 8.41. The molecule has 1 atom stereocenters. The third-order valence-electron chi connectivity index (χ3n) is 5.82. The predicted molar refractivity (Wildman–Crippen MR) is 140 cm³/mol. The molecule has 37 heavy (non-hydrogen) atoms. The number of anilines is 1. The summed E-state index contributed by atoms with van der Waals surface area (Å²) in [4.78, 5) is 28.2. The minimum absolute atomic E-state index is 0.0342. The number of nitrogens with one attached hydrogen (secondary N) is 1. The number of carbonyl (C=O) groups is 2. The molecule has 196 valence electrons. The van der Waals surface area contributed by atoms with Crippen LogP contribution in [0, 0.1) is 5.82 Å². The normalized spacial score (nSPS) is 11.9. The number of benzene rings is 3. The van der Waals surface area contributed by atoms with Crippen LogP contribution in [0.5, 0.6) is 5.75 Å². The van der Waals surface area contributed by atoms with Crippen molar-refractivity contribution in [3.8, 4) is 5.75 Å². The Morgan fingerprint density at radius 2 is 1.57 bits per heavy atom. The highest BCUT2D eigenvalue weighted by atomic mass is 32.2. The Balaban J connectivity index is 2.04. The molecule has 0 fully saturated rings. The number of hydrogen-bond donors (Lipinski definition) is 1. The fraction of sp³-hybridized carbons (Fsp3) is 0.259. The summed E-state index contributed by atoms with van der Waals surface area (Å²) in [5, 5.41) is 2.60. The monoisotopic (exact) mass is 527 g/mol. The van der Waals surface area contributed by atoms with Gasteiger partial charge in [0.05, 0.1) is 19.1 Å². The van der Waals surface area contributed by atoms with Crippen LogP contribution in [0.2, 0.25) is 0 Å². The average molecular weight is 528 g/mol. The molecule has 0 radical (unpaired) electrons. The molecule has 0 heterocycles. The van der Waals surface area contributed by atoms with E-state index >= 15 is 0 Å². The van der Waals surface area contributed by atoms with Crippen molar-refractivity contribution in [1.82, 2.24) is 10.2 Å². The predicted octanol–water partition coefficient (Wildman–Crippen LogP) is 2.99. The molecule has 3 aromatic rings. The molecule has 0 spiro atoms. The van der Waals surface area contributed by atoms with Crippen molar-refractivity contribution in [2.24, 2.45) is 0 Å². The number of ether oxygens (including phenoxy) is 1. The lowest BCUT2D eigenvalue weighted by atomic mass is 10.0. The van der Waals surface area contributed by atoms with Crippen molar-refractivity contribution < 1.29 is 27.1 Å². The minimum Gasteiger partial charge on any atom is -0.495 e. The summed E-state index contributed by atoms with van der Waals surface area (Å²) in [6, 6.07) is 20.3. The molecular formula is C27H30FN3O5S. The third kappa shape index (κ3) is 7.29. The summed E-state index contributed by atoms with van der Waals surface area (Å²) < 4.78 is 45.4. The SMILES string of the molecule is CNC(=O)[C@H](Cc1ccccc1)N(Cc1ccc(F)cc1)C(=O)CN(c1ccccc1OC)S(C)(=O)=O. The van der Waals surface area contributed by atoms with Gasteiger partial charge in [-0.25, -0.2) is 12.8 Å². The van der Waals surface area contributed by atoms with Crippen LogP contribution in [0.3, 0.4) is 0 Å². The van der Waals surface area contributed by atoms with E-state index in [2.05, 4.69) is 5.32 Å². The van der Waals surface area contributed by atoms with E-state index in [0.29, 0.717) is 5.56 Å². The summed E-state index contributed by atoms with van der Waals surface area (Å²) in [5.41, 5.74) is 1.60. The van der Waals surface area contributed by atoms with Gasteiger partial charge in [-0.15, -0.1) is 0 Å². The number of nitrogens with zero attached hydrogens (tertiary/aromatic N) is 2. The van der Waals surface area contributed by atoms with Gasteiger partial charge in [-0.1, -0.05) is 54.6 Å². The summed E-state index contributed by atoms with van der Waals surface area (Å²) >= 11 is 0. The Morgan fingerprint density at radius 3 is 2.16 bits per heavy atom. The van der Waals surface area contributed by atoms with Gasteiger partial charge in [0, 0.05) is 20.0 Å². The fourth-order valence-corrected chi connectivity index (χ4v) is 4.79. The van der Waals surface area contributed by atoms with Crippen molar-refractivity contribution in [2.45, 2.75) is 19.0 Å². The Morgan fingerprint density at radius 1 is 0.946 bits per heavy atom. The molecule has 0 saturated carbocycles. The van der Waals surface area contributed by atoms with Crippen molar-refractivity contribution in [3.63, 3.8) is 0 Å². The number of halogens is 1. The first-order valence-corrected chi connectivity index (χ1v) is 13.4. The summed E-state index contributed by atoms with van der Waals surface area (Å²) in [6.45, 7) is -0.601. The number of sulfonamides is 1. The van der Waals surface area contributed by atoms with Crippen LogP contribution in [0.25, 0.3) is 0 Å². The highest BCUT2D eigenvalue weighted by molar-refractivity contribution is 7.92. The third-order valence-corrected chi connectivity index (χ3v) is 6.94. The van der Waals surface area contributed by atoms with Crippen LogP contribution in [0.15, 0.2) is 78.9 Å². The van der Waals surface area contributed by atoms with Gasteiger partial charge in [-0.2, -0.15) is 0 Å². The van der Waals surface area contributed by atoms with E-state index in [-0.39, 0.29) is 24.4 Å². The van der Waals surface area contributed by atoms with Gasteiger partial charge in [-0.3, -0.25) is 13.9 Å². The topological polar surface area (TPSA) is 96.0 Å². The average Bonchev–Trinajstić information content (AvgIpc) is 2.89. The number of likely N-dealkylation sites (N-methyl/N-ethyl adjacent to an activating group) is 1. The number of para-hydroxylation sites is 2. The van der Waals surface area contributed by atoms with E-state index in [9.17, 15) is 22.4 Å². The van der Waals surface area contributed by atoms with Gasteiger partial charge in [0.25, 0.3) is 0 Å². The maximum atomic E-state index is 13.8. The van der Waals surface area contributed by atoms with Crippen LogP contribution in [0.1, 0.15) is 11.1 Å². The molecule has 0 aliphatic heterocycles. The van der Waals surface area contributed by atoms with E-state index in [1.807, 2.05) is 30.3 Å². The van der Waals surface area contributed by atoms with E-state index in [1.165, 1.54) is 49.4 Å². The number of rotatable bonds is 11. The zero-order chi connectivity index (χ0) is 27.0. The van der Waals surface area contributed by atoms with Crippen LogP contribution in [-0.2, 0) is 32.6 Å². The smallest absolute Gasteiger partial charge is 0.244 e. The molecule has 2 amide bonds. The zero-order valence-corrected chi connectivity index (χ0v) is 21.7. The van der Waals surface area contributed by atoms with E-state index in [0.717, 1.165) is 16.1 Å². The van der Waals surface area contributed by atoms with Crippen molar-refractivity contribution in [1.29, 1.82) is 0 Å². The molecule has 0 unspecified atom stereocenters. The number of hydrogen-bond acceptors (Lipinski definition) is 5. The van der Waals surface area contributed by atoms with E-state index in [1.54, 1.807) is 18.2 Å². The van der Waals surface area contributed by atoms with Crippen molar-refractivity contribution in [2.75, 3.05) is 31.3 Å². The first kappa shape index (κ1) is 27.7. The van der Waals surface area contributed by atoms with Crippen LogP contribution >= 0.6 is 0 Å². The van der Waals surface area contributed by atoms with Crippen molar-refractivity contribution >= 4 is 27.5 Å². The molecule has 0 aliphatic rings. The number of methoxy groups -OCH3 is 1. The summed E-state index contributed by atoms with van der Waals surface area (Å²) in [6.07, 6.45) is 1.19. The summed E-state index contributed by atoms with van der Waals surface area (Å²) in [5.74, 6) is -1.18. The van der Waals surface area contributed by atoms with E-state index in [4.69, 9.17) is 4.74 Å². The molecular weight excluding hydrogens is 497 g/mol. The maximum Gasteiger partial charge on any atom is 0.244 e. The first-order chi connectivity index (χ1) is 17.6. The van der Waals surface area contributed by atoms with Gasteiger partial charge in [-0.05, 0) is 35.4 Å². The highest BCUT2D eigenvalue weighted by Crippen LogP contribution is 2.29. The van der Waals surface area contributed by atoms with Crippen LogP contribution < -0.4 is 14.4 Å². The molecule has 3 aromatic carbocycles. The molecule has 1 N–H and O–H groups in total. The quantitative estimate of drug-likeness (QED) is 0.414. The van der Waals surface area contributed by atoms with Gasteiger partial charge in [0.2, 0.25) is 21.8 Å². The molecule has 8 nitrogen and oxygen atoms in total. The lowest BCUT2D eigenvalue weighted by molar-refractivity contribution is -0.139. The number of carbonyl (C=O) groups excluding carboxylic acids is 2. The van der Waals surface area contributed by atoms with Gasteiger partial charge < -0.3 is 15.0 Å². The molecule has 3 rings (SSSR count). The van der Waals surface area contributed by atoms with Gasteiger partial charge >= 0.3 is 0 Å². The molecule has 0 saturated heterocycles. The highest BCUT2D eigenvalue weighted by Gasteiger charge is 2.33. The zero-order valence-electron chi connectivity index (χ0n) is 20.9. The Hall–Kier alpha value is -3.92. The fourth-order valence-electron chi connectivity index (χ4n) is 3.94. The van der Waals surface area contributed by atoms with Crippen molar-refractivity contribution in [3.05, 3.63) is 95.8 Å². The maximum absolute atomic E-state index is 13.8. The summed E-state index contributed by atoms with van der Waals surface area (Å²) in [7, 11) is -1.04. The first-order valence-electron chi connectivity index (χ1n) is 11.5. The molecule has 10 heteroatoms. The van der Waals surface area contributed by atoms with E-state index < -0.39 is 40.2 Å². The molecule has 0 bridgehead atoms. The number of amides is 2. The lowest BCUT2D eigenvalue weighted by Gasteiger charge is -2.33. The van der Waals surface area contributed by atoms with Crippen LogP contribution in [-0.4, -0.2) is 58.1 Å². The standard InChI is InChI=1S/C27H30FN3O5S/c1-29-27(33)24(17-20-9-5-4-6-10-20)30(18-21-13-15-22(28)16-14-21)26(32)19-31(37(3,34)35)23-11-7-8-12-25(23)36-2/h4-16,24H,17-19H2,1-3H3,(H,29,33)/t24-/m0/s1. The van der Waals surface area contributed by atoms with Crippen LogP contribution in [0.4, 0.5) is 10.1 Å². The molecule has 0 aliphatic carbocycles. The van der Waals surface area contributed by atoms with Gasteiger partial charge in [0.15, 0.2) is 0 Å². The Bertz CT molecular complexity index is 1320. The minimum atomic E-state index is -3.91. The largest absolute Gasteiger partial charge is 0.495 e.